The summed E-state index contributed by atoms with van der Waals surface area (Å²) in [6.07, 6.45) is 6.40. The maximum absolute atomic E-state index is 12.4. The van der Waals surface area contributed by atoms with Gasteiger partial charge in [-0.05, 0) is 31.7 Å². The van der Waals surface area contributed by atoms with Crippen molar-refractivity contribution in [2.24, 2.45) is 0 Å². The summed E-state index contributed by atoms with van der Waals surface area (Å²) in [4.78, 5) is 14.3. The largest absolute Gasteiger partial charge is 0.381 e. The molecule has 1 N–H and O–H groups in total. The highest BCUT2D eigenvalue weighted by Gasteiger charge is 2.30. The van der Waals surface area contributed by atoms with Gasteiger partial charge in [-0.2, -0.15) is 5.10 Å². The number of H-pyrrole nitrogens is 1. The first-order valence-corrected chi connectivity index (χ1v) is 7.82. The molecule has 6 heteroatoms. The summed E-state index contributed by atoms with van der Waals surface area (Å²) in [5, 5.41) is 6.97. The van der Waals surface area contributed by atoms with Crippen molar-refractivity contribution in [3.8, 4) is 0 Å². The quantitative estimate of drug-likeness (QED) is 0.896. The first kappa shape index (κ1) is 14.5. The SMILES string of the molecule is O=C(CCOC1CCOCC1)N1CCC[C@H]1c1ccn[nH]1. The van der Waals surface area contributed by atoms with Gasteiger partial charge in [0.1, 0.15) is 0 Å². The lowest BCUT2D eigenvalue weighted by molar-refractivity contribution is -0.134. The van der Waals surface area contributed by atoms with Crippen LogP contribution in [0.3, 0.4) is 0 Å². The van der Waals surface area contributed by atoms with Crippen molar-refractivity contribution in [1.29, 1.82) is 0 Å². The second kappa shape index (κ2) is 7.04. The lowest BCUT2D eigenvalue weighted by atomic mass is 10.1. The molecule has 116 valence electrons. The van der Waals surface area contributed by atoms with Crippen molar-refractivity contribution in [3.05, 3.63) is 18.0 Å². The highest BCUT2D eigenvalue weighted by molar-refractivity contribution is 5.77. The number of hydrogen-bond acceptors (Lipinski definition) is 4. The summed E-state index contributed by atoms with van der Waals surface area (Å²) < 4.78 is 11.1. The normalized spacial score (nSPS) is 23.6. The first-order chi connectivity index (χ1) is 10.3. The lowest BCUT2D eigenvalue weighted by Crippen LogP contribution is -2.32. The molecule has 0 aromatic carbocycles. The number of amides is 1. The van der Waals surface area contributed by atoms with E-state index in [1.165, 1.54) is 0 Å². The summed E-state index contributed by atoms with van der Waals surface area (Å²) in [7, 11) is 0. The molecular formula is C15H23N3O3. The van der Waals surface area contributed by atoms with Gasteiger partial charge in [0.25, 0.3) is 0 Å². The van der Waals surface area contributed by atoms with Gasteiger partial charge in [0.05, 0.1) is 30.9 Å². The molecule has 2 aliphatic heterocycles. The van der Waals surface area contributed by atoms with E-state index in [0.29, 0.717) is 13.0 Å². The van der Waals surface area contributed by atoms with E-state index in [2.05, 4.69) is 10.2 Å². The molecule has 0 radical (unpaired) electrons. The molecule has 3 heterocycles. The van der Waals surface area contributed by atoms with E-state index in [1.54, 1.807) is 6.20 Å². The van der Waals surface area contributed by atoms with Crippen molar-refractivity contribution in [1.82, 2.24) is 15.1 Å². The number of likely N-dealkylation sites (tertiary alicyclic amines) is 1. The molecular weight excluding hydrogens is 270 g/mol. The molecule has 2 aliphatic rings. The summed E-state index contributed by atoms with van der Waals surface area (Å²) in [6.45, 7) is 2.88. The molecule has 0 saturated carbocycles. The van der Waals surface area contributed by atoms with Crippen molar-refractivity contribution >= 4 is 5.91 Å². The van der Waals surface area contributed by atoms with E-state index in [9.17, 15) is 4.79 Å². The number of hydrogen-bond donors (Lipinski definition) is 1. The van der Waals surface area contributed by atoms with Gasteiger partial charge >= 0.3 is 0 Å². The van der Waals surface area contributed by atoms with Crippen LogP contribution in [0.15, 0.2) is 12.3 Å². The molecule has 1 atom stereocenters. The van der Waals surface area contributed by atoms with Crippen LogP contribution < -0.4 is 0 Å². The third kappa shape index (κ3) is 3.63. The Morgan fingerprint density at radius 2 is 2.29 bits per heavy atom. The number of carbonyl (C=O) groups excluding carboxylic acids is 1. The van der Waals surface area contributed by atoms with Crippen LogP contribution in [-0.4, -0.2) is 53.5 Å². The second-order valence-electron chi connectivity index (χ2n) is 5.69. The van der Waals surface area contributed by atoms with E-state index in [4.69, 9.17) is 9.47 Å². The smallest absolute Gasteiger partial charge is 0.225 e. The molecule has 1 aromatic heterocycles. The van der Waals surface area contributed by atoms with Crippen LogP contribution >= 0.6 is 0 Å². The summed E-state index contributed by atoms with van der Waals surface area (Å²) in [5.41, 5.74) is 1.03. The molecule has 0 bridgehead atoms. The molecule has 3 rings (SSSR count). The lowest BCUT2D eigenvalue weighted by Gasteiger charge is -2.25. The number of aromatic amines is 1. The van der Waals surface area contributed by atoms with Crippen molar-refractivity contribution in [3.63, 3.8) is 0 Å². The minimum absolute atomic E-state index is 0.156. The van der Waals surface area contributed by atoms with Gasteiger partial charge in [-0.1, -0.05) is 0 Å². The third-order valence-corrected chi connectivity index (χ3v) is 4.29. The van der Waals surface area contributed by atoms with Gasteiger partial charge in [0.15, 0.2) is 0 Å². The Balaban J connectivity index is 1.46. The zero-order valence-corrected chi connectivity index (χ0v) is 12.3. The second-order valence-corrected chi connectivity index (χ2v) is 5.69. The summed E-state index contributed by atoms with van der Waals surface area (Å²) in [5.74, 6) is 0.180. The van der Waals surface area contributed by atoms with Crippen LogP contribution in [-0.2, 0) is 14.3 Å². The zero-order chi connectivity index (χ0) is 14.5. The first-order valence-electron chi connectivity index (χ1n) is 7.82. The Kier molecular flexibility index (Phi) is 4.87. The van der Waals surface area contributed by atoms with Gasteiger partial charge in [-0.25, -0.2) is 0 Å². The Labute approximate surface area is 124 Å². The van der Waals surface area contributed by atoms with Crippen LogP contribution in [0.4, 0.5) is 0 Å². The number of ether oxygens (including phenoxy) is 2. The standard InChI is InChI=1S/C15H23N3O3/c19-15(6-11-21-12-4-9-20-10-5-12)18-8-1-2-14(18)13-3-7-16-17-13/h3,7,12,14H,1-2,4-6,8-11H2,(H,16,17)/t14-/m0/s1. The fourth-order valence-corrected chi connectivity index (χ4v) is 3.14. The minimum Gasteiger partial charge on any atom is -0.381 e. The predicted octanol–water partition coefficient (Wildman–Crippen LogP) is 1.66. The van der Waals surface area contributed by atoms with E-state index in [-0.39, 0.29) is 18.1 Å². The van der Waals surface area contributed by atoms with Gasteiger partial charge in [0.2, 0.25) is 5.91 Å². The molecule has 1 amide bonds. The monoisotopic (exact) mass is 293 g/mol. The predicted molar refractivity (Wildman–Crippen MR) is 76.7 cm³/mol. The molecule has 2 saturated heterocycles. The van der Waals surface area contributed by atoms with Gasteiger partial charge in [-0.15, -0.1) is 0 Å². The van der Waals surface area contributed by atoms with Crippen molar-refractivity contribution in [2.45, 2.75) is 44.2 Å². The molecule has 1 aromatic rings. The van der Waals surface area contributed by atoms with Crippen LogP contribution in [0.5, 0.6) is 0 Å². The van der Waals surface area contributed by atoms with Crippen molar-refractivity contribution in [2.75, 3.05) is 26.4 Å². The molecule has 2 fully saturated rings. The Bertz CT molecular complexity index is 443. The molecule has 0 unspecified atom stereocenters. The van der Waals surface area contributed by atoms with Crippen LogP contribution in [0.1, 0.15) is 43.8 Å². The Hall–Kier alpha value is -1.40. The maximum atomic E-state index is 12.4. The van der Waals surface area contributed by atoms with E-state index in [0.717, 1.165) is 51.1 Å². The van der Waals surface area contributed by atoms with Gasteiger partial charge < -0.3 is 14.4 Å². The summed E-state index contributed by atoms with van der Waals surface area (Å²) in [6, 6.07) is 2.11. The van der Waals surface area contributed by atoms with E-state index in [1.807, 2.05) is 11.0 Å². The number of carbonyl (C=O) groups is 1. The third-order valence-electron chi connectivity index (χ3n) is 4.29. The number of nitrogens with zero attached hydrogens (tertiary/aromatic N) is 2. The fraction of sp³-hybridized carbons (Fsp3) is 0.733. The molecule has 0 aliphatic carbocycles. The average Bonchev–Trinajstić information content (AvgIpc) is 3.19. The zero-order valence-electron chi connectivity index (χ0n) is 12.3. The van der Waals surface area contributed by atoms with Gasteiger partial charge in [-0.3, -0.25) is 9.89 Å². The van der Waals surface area contributed by atoms with Gasteiger partial charge in [0, 0.05) is 26.0 Å². The Morgan fingerprint density at radius 1 is 1.43 bits per heavy atom. The molecule has 6 nitrogen and oxygen atoms in total. The summed E-state index contributed by atoms with van der Waals surface area (Å²) >= 11 is 0. The minimum atomic E-state index is 0.156. The van der Waals surface area contributed by atoms with Crippen LogP contribution in [0.25, 0.3) is 0 Å². The van der Waals surface area contributed by atoms with E-state index < -0.39 is 0 Å². The van der Waals surface area contributed by atoms with Crippen molar-refractivity contribution < 1.29 is 14.3 Å². The molecule has 0 spiro atoms. The fourth-order valence-electron chi connectivity index (χ4n) is 3.14. The maximum Gasteiger partial charge on any atom is 0.225 e. The number of rotatable bonds is 5. The van der Waals surface area contributed by atoms with Crippen LogP contribution in [0.2, 0.25) is 0 Å². The van der Waals surface area contributed by atoms with Crippen LogP contribution in [0, 0.1) is 0 Å². The number of aromatic nitrogens is 2. The topological polar surface area (TPSA) is 67.5 Å². The Morgan fingerprint density at radius 3 is 3.05 bits per heavy atom. The highest BCUT2D eigenvalue weighted by atomic mass is 16.5. The highest BCUT2D eigenvalue weighted by Crippen LogP contribution is 2.30. The average molecular weight is 293 g/mol. The van der Waals surface area contributed by atoms with E-state index >= 15 is 0 Å². The number of nitrogens with one attached hydrogen (secondary N) is 1. The molecule has 21 heavy (non-hydrogen) atoms.